The van der Waals surface area contributed by atoms with E-state index in [0.29, 0.717) is 22.1 Å². The Hall–Kier alpha value is -2.79. The Morgan fingerprint density at radius 3 is 2.57 bits per heavy atom. The Labute approximate surface area is 169 Å². The van der Waals surface area contributed by atoms with Crippen LogP contribution >= 0.6 is 11.6 Å². The van der Waals surface area contributed by atoms with E-state index in [9.17, 15) is 4.79 Å². The Bertz CT molecular complexity index is 980. The summed E-state index contributed by atoms with van der Waals surface area (Å²) in [4.78, 5) is 12.8. The number of aryl methyl sites for hydroxylation is 3. The van der Waals surface area contributed by atoms with Gasteiger partial charge in [-0.25, -0.2) is 0 Å². The number of aromatic nitrogens is 1. The molecule has 1 aromatic heterocycles. The molecule has 5 nitrogen and oxygen atoms in total. The van der Waals surface area contributed by atoms with Gasteiger partial charge in [-0.1, -0.05) is 40.5 Å². The largest absolute Gasteiger partial charge is 0.489 e. The second kappa shape index (κ2) is 8.48. The SMILES string of the molecule is Cc1ccc(C(C)NC(=O)c2noc(C)c2COc2ccc(Cl)cc2)c(C)c1. The number of hydrogen-bond acceptors (Lipinski definition) is 4. The van der Waals surface area contributed by atoms with Crippen LogP contribution in [0.3, 0.4) is 0 Å². The zero-order valence-corrected chi connectivity index (χ0v) is 17.1. The van der Waals surface area contributed by atoms with Gasteiger partial charge in [0.2, 0.25) is 0 Å². The van der Waals surface area contributed by atoms with E-state index < -0.39 is 0 Å². The summed E-state index contributed by atoms with van der Waals surface area (Å²) in [6.07, 6.45) is 0. The molecule has 1 atom stereocenters. The highest BCUT2D eigenvalue weighted by Crippen LogP contribution is 2.22. The fourth-order valence-electron chi connectivity index (χ4n) is 3.08. The molecule has 0 fully saturated rings. The summed E-state index contributed by atoms with van der Waals surface area (Å²) in [5.41, 5.74) is 4.26. The predicted molar refractivity (Wildman–Crippen MR) is 109 cm³/mol. The molecule has 1 heterocycles. The zero-order valence-electron chi connectivity index (χ0n) is 16.4. The van der Waals surface area contributed by atoms with Crippen LogP contribution in [-0.4, -0.2) is 11.1 Å². The summed E-state index contributed by atoms with van der Waals surface area (Å²) < 4.78 is 11.0. The van der Waals surface area contributed by atoms with Gasteiger partial charge in [0.1, 0.15) is 18.1 Å². The fraction of sp³-hybridized carbons (Fsp3) is 0.273. The van der Waals surface area contributed by atoms with Gasteiger partial charge in [-0.15, -0.1) is 0 Å². The lowest BCUT2D eigenvalue weighted by Gasteiger charge is -2.17. The zero-order chi connectivity index (χ0) is 20.3. The molecule has 1 N–H and O–H groups in total. The van der Waals surface area contributed by atoms with Crippen molar-refractivity contribution in [2.75, 3.05) is 0 Å². The van der Waals surface area contributed by atoms with E-state index in [2.05, 4.69) is 16.5 Å². The molecule has 28 heavy (non-hydrogen) atoms. The molecule has 0 saturated carbocycles. The second-order valence-electron chi connectivity index (χ2n) is 6.86. The van der Waals surface area contributed by atoms with Crippen LogP contribution in [0.4, 0.5) is 0 Å². The van der Waals surface area contributed by atoms with Crippen molar-refractivity contribution in [3.63, 3.8) is 0 Å². The van der Waals surface area contributed by atoms with Gasteiger partial charge in [-0.05, 0) is 63.1 Å². The third-order valence-corrected chi connectivity index (χ3v) is 4.89. The van der Waals surface area contributed by atoms with Gasteiger partial charge in [0, 0.05) is 5.02 Å². The van der Waals surface area contributed by atoms with Crippen molar-refractivity contribution in [3.8, 4) is 5.75 Å². The minimum absolute atomic E-state index is 0.157. The molecular weight excluding hydrogens is 376 g/mol. The first-order valence-electron chi connectivity index (χ1n) is 9.06. The Kier molecular flexibility index (Phi) is 6.05. The molecule has 2 aromatic carbocycles. The summed E-state index contributed by atoms with van der Waals surface area (Å²) in [6, 6.07) is 13.1. The van der Waals surface area contributed by atoms with Crippen molar-refractivity contribution in [1.29, 1.82) is 0 Å². The van der Waals surface area contributed by atoms with Crippen molar-refractivity contribution >= 4 is 17.5 Å². The molecule has 146 valence electrons. The molecule has 0 radical (unpaired) electrons. The number of carbonyl (C=O) groups is 1. The second-order valence-corrected chi connectivity index (χ2v) is 7.30. The van der Waals surface area contributed by atoms with Crippen LogP contribution in [0, 0.1) is 20.8 Å². The first-order chi connectivity index (χ1) is 13.3. The van der Waals surface area contributed by atoms with Gasteiger partial charge in [0.15, 0.2) is 5.69 Å². The summed E-state index contributed by atoms with van der Waals surface area (Å²) in [5.74, 6) is 0.914. The fourth-order valence-corrected chi connectivity index (χ4v) is 3.21. The van der Waals surface area contributed by atoms with Crippen molar-refractivity contribution in [2.45, 2.75) is 40.3 Å². The molecule has 0 saturated heterocycles. The molecule has 1 amide bonds. The molecule has 6 heteroatoms. The maximum atomic E-state index is 12.8. The number of benzene rings is 2. The molecular formula is C22H23ClN2O3. The summed E-state index contributed by atoms with van der Waals surface area (Å²) in [6.45, 7) is 7.98. The molecule has 0 bridgehead atoms. The Morgan fingerprint density at radius 2 is 1.89 bits per heavy atom. The van der Waals surface area contributed by atoms with Crippen LogP contribution in [0.25, 0.3) is 0 Å². The van der Waals surface area contributed by atoms with E-state index in [1.807, 2.05) is 32.9 Å². The van der Waals surface area contributed by atoms with Crippen LogP contribution in [-0.2, 0) is 6.61 Å². The van der Waals surface area contributed by atoms with E-state index in [1.54, 1.807) is 31.2 Å². The standard InChI is InChI=1S/C22H23ClN2O3/c1-13-5-10-19(14(2)11-13)15(3)24-22(26)21-20(16(4)28-25-21)12-27-18-8-6-17(23)7-9-18/h5-11,15H,12H2,1-4H3,(H,24,26). The topological polar surface area (TPSA) is 64.4 Å². The third kappa shape index (κ3) is 4.54. The van der Waals surface area contributed by atoms with Gasteiger partial charge in [0.25, 0.3) is 5.91 Å². The molecule has 0 aliphatic heterocycles. The first-order valence-corrected chi connectivity index (χ1v) is 9.44. The first kappa shape index (κ1) is 20.0. The quantitative estimate of drug-likeness (QED) is 0.610. The molecule has 0 aliphatic rings. The molecule has 0 spiro atoms. The minimum Gasteiger partial charge on any atom is -0.489 e. The molecule has 3 aromatic rings. The van der Waals surface area contributed by atoms with Gasteiger partial charge in [0.05, 0.1) is 11.6 Å². The van der Waals surface area contributed by atoms with Crippen LogP contribution in [0.15, 0.2) is 47.0 Å². The van der Waals surface area contributed by atoms with E-state index >= 15 is 0 Å². The van der Waals surface area contributed by atoms with Crippen LogP contribution in [0.1, 0.15) is 51.5 Å². The number of halogens is 1. The average molecular weight is 399 g/mol. The van der Waals surface area contributed by atoms with E-state index in [1.165, 1.54) is 5.56 Å². The highest BCUT2D eigenvalue weighted by atomic mass is 35.5. The number of amides is 1. The minimum atomic E-state index is -0.293. The van der Waals surface area contributed by atoms with Gasteiger partial charge in [-0.2, -0.15) is 0 Å². The van der Waals surface area contributed by atoms with Crippen molar-refractivity contribution < 1.29 is 14.1 Å². The van der Waals surface area contributed by atoms with Gasteiger partial charge >= 0.3 is 0 Å². The maximum absolute atomic E-state index is 12.8. The van der Waals surface area contributed by atoms with Crippen LogP contribution in [0.5, 0.6) is 5.75 Å². The van der Waals surface area contributed by atoms with E-state index in [-0.39, 0.29) is 24.2 Å². The van der Waals surface area contributed by atoms with Crippen molar-refractivity contribution in [2.24, 2.45) is 0 Å². The average Bonchev–Trinajstić information content (AvgIpc) is 3.02. The third-order valence-electron chi connectivity index (χ3n) is 4.64. The number of rotatable bonds is 6. The Morgan fingerprint density at radius 1 is 1.18 bits per heavy atom. The summed E-state index contributed by atoms with van der Waals surface area (Å²) in [5, 5.41) is 7.57. The maximum Gasteiger partial charge on any atom is 0.274 e. The highest BCUT2D eigenvalue weighted by Gasteiger charge is 2.22. The predicted octanol–water partition coefficient (Wildman–Crippen LogP) is 5.32. The number of nitrogens with one attached hydrogen (secondary N) is 1. The van der Waals surface area contributed by atoms with E-state index in [0.717, 1.165) is 11.1 Å². The lowest BCUT2D eigenvalue weighted by molar-refractivity contribution is 0.0928. The highest BCUT2D eigenvalue weighted by molar-refractivity contribution is 6.30. The smallest absolute Gasteiger partial charge is 0.274 e. The number of carbonyl (C=O) groups excluding carboxylic acids is 1. The van der Waals surface area contributed by atoms with Crippen LogP contribution in [0.2, 0.25) is 5.02 Å². The molecule has 3 rings (SSSR count). The number of nitrogens with zero attached hydrogens (tertiary/aromatic N) is 1. The monoisotopic (exact) mass is 398 g/mol. The summed E-state index contributed by atoms with van der Waals surface area (Å²) in [7, 11) is 0. The van der Waals surface area contributed by atoms with E-state index in [4.69, 9.17) is 20.9 Å². The van der Waals surface area contributed by atoms with Crippen LogP contribution < -0.4 is 10.1 Å². The normalized spacial score (nSPS) is 11.9. The van der Waals surface area contributed by atoms with Crippen molar-refractivity contribution in [3.05, 3.63) is 81.2 Å². The number of ether oxygens (including phenoxy) is 1. The van der Waals surface area contributed by atoms with Crippen molar-refractivity contribution in [1.82, 2.24) is 10.5 Å². The summed E-state index contributed by atoms with van der Waals surface area (Å²) >= 11 is 5.89. The molecule has 0 aliphatic carbocycles. The molecule has 1 unspecified atom stereocenters. The lowest BCUT2D eigenvalue weighted by atomic mass is 10.00. The lowest BCUT2D eigenvalue weighted by Crippen LogP contribution is -2.28. The van der Waals surface area contributed by atoms with Gasteiger partial charge < -0.3 is 14.6 Å². The van der Waals surface area contributed by atoms with Gasteiger partial charge in [-0.3, -0.25) is 4.79 Å². The number of hydrogen-bond donors (Lipinski definition) is 1. The Balaban J connectivity index is 1.72.